The van der Waals surface area contributed by atoms with Crippen LogP contribution < -0.4 is 10.0 Å². The van der Waals surface area contributed by atoms with E-state index in [1.807, 2.05) is 43.3 Å². The lowest BCUT2D eigenvalue weighted by Gasteiger charge is -2.14. The number of benzene rings is 2. The lowest BCUT2D eigenvalue weighted by molar-refractivity contribution is -0.120. The minimum Gasteiger partial charge on any atom is -0.348 e. The number of nitrogens with zero attached hydrogens (tertiary/aromatic N) is 1. The molecular formula is C17H17N3O3S. The maximum absolute atomic E-state index is 12.2. The Morgan fingerprint density at radius 1 is 1.12 bits per heavy atom. The molecule has 124 valence electrons. The number of rotatable bonds is 6. The molecule has 0 heterocycles. The van der Waals surface area contributed by atoms with E-state index in [-0.39, 0.29) is 16.5 Å². The molecule has 2 aromatic rings. The Morgan fingerprint density at radius 2 is 1.75 bits per heavy atom. The first kappa shape index (κ1) is 17.7. The van der Waals surface area contributed by atoms with Crippen LogP contribution in [0.5, 0.6) is 0 Å². The number of amides is 1. The van der Waals surface area contributed by atoms with Gasteiger partial charge in [0, 0.05) is 0 Å². The second-order valence-corrected chi connectivity index (χ2v) is 6.87. The highest BCUT2D eigenvalue weighted by Crippen LogP contribution is 2.14. The van der Waals surface area contributed by atoms with Gasteiger partial charge in [-0.05, 0) is 24.6 Å². The normalized spacial score (nSPS) is 12.2. The molecule has 2 N–H and O–H groups in total. The van der Waals surface area contributed by atoms with Gasteiger partial charge in [0.15, 0.2) is 0 Å². The fraction of sp³-hybridized carbons (Fsp3) is 0.176. The van der Waals surface area contributed by atoms with Gasteiger partial charge in [0.05, 0.1) is 23.0 Å². The Balaban J connectivity index is 2.00. The van der Waals surface area contributed by atoms with Crippen molar-refractivity contribution >= 4 is 15.9 Å². The maximum atomic E-state index is 12.2. The van der Waals surface area contributed by atoms with Crippen LogP contribution in [0.1, 0.15) is 24.1 Å². The van der Waals surface area contributed by atoms with Crippen molar-refractivity contribution in [2.24, 2.45) is 0 Å². The van der Waals surface area contributed by atoms with Gasteiger partial charge in [0.2, 0.25) is 15.9 Å². The number of carbonyl (C=O) groups is 1. The highest BCUT2D eigenvalue weighted by Gasteiger charge is 2.19. The van der Waals surface area contributed by atoms with Gasteiger partial charge >= 0.3 is 0 Å². The van der Waals surface area contributed by atoms with Gasteiger partial charge in [0.1, 0.15) is 6.07 Å². The van der Waals surface area contributed by atoms with Crippen molar-refractivity contribution in [2.45, 2.75) is 17.9 Å². The zero-order valence-electron chi connectivity index (χ0n) is 13.1. The van der Waals surface area contributed by atoms with Gasteiger partial charge in [-0.15, -0.1) is 0 Å². The molecule has 0 bridgehead atoms. The summed E-state index contributed by atoms with van der Waals surface area (Å²) in [5.41, 5.74) is 0.951. The van der Waals surface area contributed by atoms with Gasteiger partial charge in [-0.2, -0.15) is 5.26 Å². The molecule has 1 atom stereocenters. The van der Waals surface area contributed by atoms with E-state index in [9.17, 15) is 13.2 Å². The van der Waals surface area contributed by atoms with E-state index in [1.165, 1.54) is 18.2 Å². The fourth-order valence-corrected chi connectivity index (χ4v) is 3.29. The zero-order valence-corrected chi connectivity index (χ0v) is 13.9. The molecule has 0 aliphatic heterocycles. The van der Waals surface area contributed by atoms with Crippen molar-refractivity contribution in [1.82, 2.24) is 10.0 Å². The van der Waals surface area contributed by atoms with Gasteiger partial charge in [-0.3, -0.25) is 4.79 Å². The third-order valence-corrected chi connectivity index (χ3v) is 4.86. The first-order chi connectivity index (χ1) is 11.4. The SMILES string of the molecule is C[C@H](NC(=O)CNS(=O)(=O)c1ccccc1C#N)c1ccccc1. The topological polar surface area (TPSA) is 99.1 Å². The van der Waals surface area contributed by atoms with Crippen LogP contribution in [-0.4, -0.2) is 20.9 Å². The maximum Gasteiger partial charge on any atom is 0.242 e. The van der Waals surface area contributed by atoms with Crippen LogP contribution in [0.4, 0.5) is 0 Å². The molecule has 0 unspecified atom stereocenters. The molecule has 0 aliphatic rings. The Morgan fingerprint density at radius 3 is 2.42 bits per heavy atom. The lowest BCUT2D eigenvalue weighted by atomic mass is 10.1. The summed E-state index contributed by atoms with van der Waals surface area (Å²) in [7, 11) is -3.93. The van der Waals surface area contributed by atoms with Crippen LogP contribution in [0.3, 0.4) is 0 Å². The largest absolute Gasteiger partial charge is 0.348 e. The Hall–Kier alpha value is -2.69. The van der Waals surface area contributed by atoms with E-state index < -0.39 is 22.5 Å². The highest BCUT2D eigenvalue weighted by atomic mass is 32.2. The molecule has 2 rings (SSSR count). The second kappa shape index (κ2) is 7.73. The Bertz CT molecular complexity index is 858. The Labute approximate surface area is 141 Å². The average Bonchev–Trinajstić information content (AvgIpc) is 2.60. The minimum atomic E-state index is -3.93. The van der Waals surface area contributed by atoms with Crippen LogP contribution in [0, 0.1) is 11.3 Å². The summed E-state index contributed by atoms with van der Waals surface area (Å²) >= 11 is 0. The fourth-order valence-electron chi connectivity index (χ4n) is 2.15. The van der Waals surface area contributed by atoms with E-state index in [1.54, 1.807) is 6.07 Å². The van der Waals surface area contributed by atoms with Crippen LogP contribution in [0.2, 0.25) is 0 Å². The molecule has 0 aromatic heterocycles. The lowest BCUT2D eigenvalue weighted by Crippen LogP contribution is -2.38. The average molecular weight is 343 g/mol. The zero-order chi connectivity index (χ0) is 17.6. The van der Waals surface area contributed by atoms with Crippen molar-refractivity contribution in [1.29, 1.82) is 5.26 Å². The quantitative estimate of drug-likeness (QED) is 0.834. The van der Waals surface area contributed by atoms with E-state index in [4.69, 9.17) is 5.26 Å². The highest BCUT2D eigenvalue weighted by molar-refractivity contribution is 7.89. The molecule has 0 aliphatic carbocycles. The van der Waals surface area contributed by atoms with Gasteiger partial charge < -0.3 is 5.32 Å². The molecule has 0 fully saturated rings. The summed E-state index contributed by atoms with van der Waals surface area (Å²) in [6.07, 6.45) is 0. The van der Waals surface area contributed by atoms with Crippen LogP contribution in [-0.2, 0) is 14.8 Å². The predicted octanol–water partition coefficient (Wildman–Crippen LogP) is 1.71. The first-order valence-electron chi connectivity index (χ1n) is 7.27. The summed E-state index contributed by atoms with van der Waals surface area (Å²) in [6.45, 7) is 1.41. The van der Waals surface area contributed by atoms with Crippen molar-refractivity contribution in [3.05, 3.63) is 65.7 Å². The van der Waals surface area contributed by atoms with Gasteiger partial charge in [-0.25, -0.2) is 13.1 Å². The standard InChI is InChI=1S/C17H17N3O3S/c1-13(14-7-3-2-4-8-14)20-17(21)12-19-24(22,23)16-10-6-5-9-15(16)11-18/h2-10,13,19H,12H2,1H3,(H,20,21)/t13-/m0/s1. The van der Waals surface area contributed by atoms with E-state index in [2.05, 4.69) is 10.0 Å². The molecular weight excluding hydrogens is 326 g/mol. The van der Waals surface area contributed by atoms with Crippen LogP contribution >= 0.6 is 0 Å². The Kier molecular flexibility index (Phi) is 5.68. The number of nitrogens with one attached hydrogen (secondary N) is 2. The van der Waals surface area contributed by atoms with Crippen LogP contribution in [0.25, 0.3) is 0 Å². The third kappa shape index (κ3) is 4.41. The monoisotopic (exact) mass is 343 g/mol. The molecule has 6 nitrogen and oxygen atoms in total. The summed E-state index contributed by atoms with van der Waals surface area (Å²) in [5.74, 6) is -0.454. The van der Waals surface area contributed by atoms with Crippen molar-refractivity contribution in [2.75, 3.05) is 6.54 Å². The number of hydrogen-bond donors (Lipinski definition) is 2. The molecule has 0 saturated carbocycles. The number of nitriles is 1. The van der Waals surface area contributed by atoms with Gasteiger partial charge in [0.25, 0.3) is 0 Å². The molecule has 0 spiro atoms. The third-order valence-electron chi connectivity index (χ3n) is 3.40. The molecule has 2 aromatic carbocycles. The van der Waals surface area contributed by atoms with Crippen molar-refractivity contribution in [3.8, 4) is 6.07 Å². The summed E-state index contributed by atoms with van der Waals surface area (Å²) < 4.78 is 26.7. The van der Waals surface area contributed by atoms with E-state index in [0.717, 1.165) is 5.56 Å². The number of sulfonamides is 1. The number of carbonyl (C=O) groups excluding carboxylic acids is 1. The summed E-state index contributed by atoms with van der Waals surface area (Å²) in [6, 6.07) is 16.8. The van der Waals surface area contributed by atoms with Crippen molar-refractivity contribution < 1.29 is 13.2 Å². The van der Waals surface area contributed by atoms with E-state index >= 15 is 0 Å². The first-order valence-corrected chi connectivity index (χ1v) is 8.75. The smallest absolute Gasteiger partial charge is 0.242 e. The molecule has 0 saturated heterocycles. The minimum absolute atomic E-state index is 0.0306. The van der Waals surface area contributed by atoms with Gasteiger partial charge in [-0.1, -0.05) is 42.5 Å². The summed E-state index contributed by atoms with van der Waals surface area (Å²) in [5, 5.41) is 11.7. The summed E-state index contributed by atoms with van der Waals surface area (Å²) in [4.78, 5) is 11.8. The van der Waals surface area contributed by atoms with Crippen molar-refractivity contribution in [3.63, 3.8) is 0 Å². The van der Waals surface area contributed by atoms with Crippen LogP contribution in [0.15, 0.2) is 59.5 Å². The molecule has 24 heavy (non-hydrogen) atoms. The molecule has 1 amide bonds. The number of hydrogen-bond acceptors (Lipinski definition) is 4. The molecule has 0 radical (unpaired) electrons. The van der Waals surface area contributed by atoms with E-state index in [0.29, 0.717) is 0 Å². The second-order valence-electron chi connectivity index (χ2n) is 5.13. The molecule has 7 heteroatoms. The predicted molar refractivity (Wildman–Crippen MR) is 89.3 cm³/mol.